The summed E-state index contributed by atoms with van der Waals surface area (Å²) in [4.78, 5) is 4.95. The molecule has 0 amide bonds. The first-order chi connectivity index (χ1) is 11.4. The molecule has 2 bridgehead atoms. The summed E-state index contributed by atoms with van der Waals surface area (Å²) in [7, 11) is 0. The van der Waals surface area contributed by atoms with E-state index in [0.29, 0.717) is 6.04 Å². The van der Waals surface area contributed by atoms with Gasteiger partial charge in [-0.05, 0) is 50.5 Å². The average molecular weight is 328 g/mol. The lowest BCUT2D eigenvalue weighted by Crippen LogP contribution is -3.19. The summed E-state index contributed by atoms with van der Waals surface area (Å²) in [6, 6.07) is 13.9. The number of nitrogens with one attached hydrogen (secondary N) is 1. The summed E-state index contributed by atoms with van der Waals surface area (Å²) in [6.45, 7) is 4.32. The van der Waals surface area contributed by atoms with E-state index >= 15 is 0 Å². The molecular formula is C22H35N2+. The largest absolute Gasteiger partial charge is 0.332 e. The molecular weight excluding hydrogens is 292 g/mol. The van der Waals surface area contributed by atoms with Crippen LogP contribution in [0.15, 0.2) is 30.3 Å². The van der Waals surface area contributed by atoms with Crippen molar-refractivity contribution in [2.75, 3.05) is 19.6 Å². The van der Waals surface area contributed by atoms with Crippen molar-refractivity contribution in [3.05, 3.63) is 35.9 Å². The van der Waals surface area contributed by atoms with Crippen LogP contribution < -0.4 is 4.90 Å². The molecule has 4 heterocycles. The maximum Gasteiger partial charge on any atom is 0.0915 e. The summed E-state index contributed by atoms with van der Waals surface area (Å²) >= 11 is 0. The van der Waals surface area contributed by atoms with Gasteiger partial charge < -0.3 is 4.90 Å². The van der Waals surface area contributed by atoms with Crippen LogP contribution in [0.4, 0.5) is 0 Å². The predicted molar refractivity (Wildman–Crippen MR) is 100 cm³/mol. The van der Waals surface area contributed by atoms with E-state index in [-0.39, 0.29) is 7.43 Å². The second-order valence-electron chi connectivity index (χ2n) is 8.59. The fraction of sp³-hybridized carbons (Fsp3) is 0.727. The van der Waals surface area contributed by atoms with Gasteiger partial charge >= 0.3 is 0 Å². The highest BCUT2D eigenvalue weighted by atomic mass is 15.3. The van der Waals surface area contributed by atoms with Crippen molar-refractivity contribution in [2.45, 2.75) is 70.5 Å². The third-order valence-corrected chi connectivity index (χ3v) is 7.46. The molecule has 0 aliphatic carbocycles. The Morgan fingerprint density at radius 2 is 1.79 bits per heavy atom. The van der Waals surface area contributed by atoms with E-state index in [0.717, 1.165) is 23.9 Å². The van der Waals surface area contributed by atoms with E-state index in [1.165, 1.54) is 64.6 Å². The maximum absolute atomic E-state index is 2.96. The molecule has 1 aromatic rings. The minimum absolute atomic E-state index is 0. The predicted octanol–water partition coefficient (Wildman–Crippen LogP) is 3.31. The lowest BCUT2D eigenvalue weighted by Gasteiger charge is -2.57. The average Bonchev–Trinajstić information content (AvgIpc) is 2.62. The van der Waals surface area contributed by atoms with Gasteiger partial charge in [-0.2, -0.15) is 0 Å². The summed E-state index contributed by atoms with van der Waals surface area (Å²) in [6.07, 6.45) is 10.3. The number of nitrogens with zero attached hydrogens (tertiary/aromatic N) is 1. The fourth-order valence-electron chi connectivity index (χ4n) is 6.55. The Morgan fingerprint density at radius 3 is 2.67 bits per heavy atom. The van der Waals surface area contributed by atoms with Gasteiger partial charge in [0, 0.05) is 30.5 Å². The first kappa shape index (κ1) is 16.6. The molecule has 2 nitrogen and oxygen atoms in total. The van der Waals surface area contributed by atoms with Gasteiger partial charge in [-0.25, -0.2) is 0 Å². The van der Waals surface area contributed by atoms with Crippen LogP contribution in [0.3, 0.4) is 0 Å². The van der Waals surface area contributed by atoms with Crippen LogP contribution in [0.25, 0.3) is 0 Å². The van der Waals surface area contributed by atoms with E-state index < -0.39 is 0 Å². The number of hydrogen-bond acceptors (Lipinski definition) is 1. The van der Waals surface area contributed by atoms with Crippen molar-refractivity contribution in [3.63, 3.8) is 0 Å². The van der Waals surface area contributed by atoms with Crippen LogP contribution in [0.1, 0.15) is 64.0 Å². The van der Waals surface area contributed by atoms with Crippen molar-refractivity contribution >= 4 is 0 Å². The van der Waals surface area contributed by atoms with Crippen molar-refractivity contribution in [3.8, 4) is 0 Å². The van der Waals surface area contributed by atoms with Crippen molar-refractivity contribution in [2.24, 2.45) is 11.8 Å². The Hall–Kier alpha value is -0.860. The molecule has 0 aromatic heterocycles. The molecule has 4 saturated heterocycles. The summed E-state index contributed by atoms with van der Waals surface area (Å²) < 4.78 is 0. The molecule has 5 rings (SSSR count). The Kier molecular flexibility index (Phi) is 4.70. The third kappa shape index (κ3) is 2.72. The van der Waals surface area contributed by atoms with Crippen LogP contribution in [0.5, 0.6) is 0 Å². The van der Waals surface area contributed by atoms with Crippen molar-refractivity contribution < 1.29 is 4.90 Å². The standard InChI is InChI=1S/C21H30N2.CH4/c1-2-7-16(8-3-1)20-10-6-11-21-17-13-18(15-23(20)21)19-9-4-5-12-22(19)14-17;/h1-3,7-8,17-21H,4-6,9-15H2;1H4/p+1/t17-,18-,19+,20-,21-;/m0./s1. The maximum atomic E-state index is 2.96. The highest BCUT2D eigenvalue weighted by Crippen LogP contribution is 2.44. The Labute approximate surface area is 148 Å². The molecule has 4 aliphatic heterocycles. The van der Waals surface area contributed by atoms with Crippen LogP contribution in [-0.4, -0.2) is 36.6 Å². The van der Waals surface area contributed by atoms with Gasteiger partial charge in [0.15, 0.2) is 0 Å². The molecule has 1 unspecified atom stereocenters. The van der Waals surface area contributed by atoms with Crippen LogP contribution in [0, 0.1) is 11.8 Å². The number of piperidine rings is 4. The molecule has 0 saturated carbocycles. The van der Waals surface area contributed by atoms with Crippen LogP contribution in [0.2, 0.25) is 0 Å². The van der Waals surface area contributed by atoms with E-state index in [4.69, 9.17) is 0 Å². The van der Waals surface area contributed by atoms with Crippen molar-refractivity contribution in [1.82, 2.24) is 4.90 Å². The molecule has 0 spiro atoms. The lowest BCUT2D eigenvalue weighted by atomic mass is 9.69. The number of hydrogen-bond donors (Lipinski definition) is 1. The molecule has 24 heavy (non-hydrogen) atoms. The second kappa shape index (κ2) is 6.80. The number of fused-ring (bicyclic) bond motifs is 6. The van der Waals surface area contributed by atoms with E-state index in [1.54, 1.807) is 5.56 Å². The fourth-order valence-corrected chi connectivity index (χ4v) is 6.55. The SMILES string of the molecule is C.c1ccc([C@@H]2CCC[C@H]3[C@H]4C[C@@H](CN23)[C@H]2CCCC[NH+]2C4)cc1. The van der Waals surface area contributed by atoms with Gasteiger partial charge in [-0.15, -0.1) is 0 Å². The number of quaternary nitrogens is 1. The van der Waals surface area contributed by atoms with Gasteiger partial charge in [-0.1, -0.05) is 37.8 Å². The Balaban J connectivity index is 0.00000146. The zero-order valence-corrected chi connectivity index (χ0v) is 14.3. The summed E-state index contributed by atoms with van der Waals surface area (Å²) in [5.74, 6) is 1.95. The highest BCUT2D eigenvalue weighted by molar-refractivity contribution is 5.20. The molecule has 2 heteroatoms. The molecule has 6 atom stereocenters. The molecule has 4 fully saturated rings. The van der Waals surface area contributed by atoms with E-state index in [2.05, 4.69) is 35.2 Å². The minimum atomic E-state index is 0. The number of benzene rings is 1. The Bertz CT molecular complexity index is 542. The van der Waals surface area contributed by atoms with Gasteiger partial charge in [-0.3, -0.25) is 4.90 Å². The normalized spacial score (nSPS) is 41.7. The second-order valence-corrected chi connectivity index (χ2v) is 8.59. The van der Waals surface area contributed by atoms with Crippen LogP contribution >= 0.6 is 0 Å². The first-order valence-electron chi connectivity index (χ1n) is 10.1. The quantitative estimate of drug-likeness (QED) is 0.831. The summed E-state index contributed by atoms with van der Waals surface area (Å²) in [5, 5.41) is 0. The molecule has 0 radical (unpaired) electrons. The van der Waals surface area contributed by atoms with E-state index in [9.17, 15) is 0 Å². The van der Waals surface area contributed by atoms with Gasteiger partial charge in [0.25, 0.3) is 0 Å². The molecule has 1 N–H and O–H groups in total. The van der Waals surface area contributed by atoms with E-state index in [1.807, 2.05) is 4.90 Å². The third-order valence-electron chi connectivity index (χ3n) is 7.46. The summed E-state index contributed by atoms with van der Waals surface area (Å²) in [5.41, 5.74) is 1.57. The smallest absolute Gasteiger partial charge is 0.0915 e. The van der Waals surface area contributed by atoms with Gasteiger partial charge in [0.05, 0.1) is 19.1 Å². The molecule has 132 valence electrons. The molecule has 1 aromatic carbocycles. The highest BCUT2D eigenvalue weighted by Gasteiger charge is 2.50. The zero-order chi connectivity index (χ0) is 15.2. The van der Waals surface area contributed by atoms with Gasteiger partial charge in [0.1, 0.15) is 0 Å². The first-order valence-corrected chi connectivity index (χ1v) is 10.1. The van der Waals surface area contributed by atoms with Gasteiger partial charge in [0.2, 0.25) is 0 Å². The lowest BCUT2D eigenvalue weighted by molar-refractivity contribution is -0.945. The van der Waals surface area contributed by atoms with Crippen LogP contribution in [-0.2, 0) is 0 Å². The Morgan fingerprint density at radius 1 is 0.917 bits per heavy atom. The number of rotatable bonds is 1. The molecule has 4 aliphatic rings. The topological polar surface area (TPSA) is 7.68 Å². The zero-order valence-electron chi connectivity index (χ0n) is 14.3. The minimum Gasteiger partial charge on any atom is -0.332 e. The van der Waals surface area contributed by atoms with Crippen molar-refractivity contribution in [1.29, 1.82) is 0 Å². The monoisotopic (exact) mass is 327 g/mol.